The highest BCUT2D eigenvalue weighted by Gasteiger charge is 2.28. The van der Waals surface area contributed by atoms with Gasteiger partial charge in [-0.1, -0.05) is 29.3 Å². The van der Waals surface area contributed by atoms with Gasteiger partial charge in [0.1, 0.15) is 0 Å². The van der Waals surface area contributed by atoms with Crippen molar-refractivity contribution in [2.45, 2.75) is 12.8 Å². The van der Waals surface area contributed by atoms with E-state index in [9.17, 15) is 9.59 Å². The predicted octanol–water partition coefficient (Wildman–Crippen LogP) is 4.55. The minimum atomic E-state index is -0.116. The van der Waals surface area contributed by atoms with Crippen LogP contribution >= 0.6 is 34.5 Å². The quantitative estimate of drug-likeness (QED) is 0.846. The Morgan fingerprint density at radius 2 is 1.79 bits per heavy atom. The lowest BCUT2D eigenvalue weighted by Gasteiger charge is -2.31. The van der Waals surface area contributed by atoms with E-state index < -0.39 is 0 Å². The van der Waals surface area contributed by atoms with Crippen molar-refractivity contribution in [2.24, 2.45) is 5.92 Å². The zero-order valence-electron chi connectivity index (χ0n) is 12.8. The smallest absolute Gasteiger partial charge is 0.263 e. The molecule has 0 radical (unpaired) electrons. The molecule has 4 nitrogen and oxygen atoms in total. The molecule has 1 saturated heterocycles. The molecule has 0 atom stereocenters. The van der Waals surface area contributed by atoms with Crippen LogP contribution < -0.4 is 5.32 Å². The summed E-state index contributed by atoms with van der Waals surface area (Å²) in [7, 11) is 0. The monoisotopic (exact) mass is 382 g/mol. The van der Waals surface area contributed by atoms with Crippen LogP contribution in [0.1, 0.15) is 22.5 Å². The number of nitrogens with zero attached hydrogens (tertiary/aromatic N) is 1. The van der Waals surface area contributed by atoms with Gasteiger partial charge in [-0.05, 0) is 42.5 Å². The van der Waals surface area contributed by atoms with E-state index in [0.29, 0.717) is 41.7 Å². The molecular weight excluding hydrogens is 367 g/mol. The second-order valence-corrected chi connectivity index (χ2v) is 7.51. The van der Waals surface area contributed by atoms with Gasteiger partial charge in [0.25, 0.3) is 5.91 Å². The highest BCUT2D eigenvalue weighted by atomic mass is 35.5. The number of amides is 2. The van der Waals surface area contributed by atoms with Gasteiger partial charge in [0.2, 0.25) is 5.91 Å². The van der Waals surface area contributed by atoms with E-state index in [1.54, 1.807) is 18.2 Å². The van der Waals surface area contributed by atoms with Crippen molar-refractivity contribution in [3.8, 4) is 0 Å². The summed E-state index contributed by atoms with van der Waals surface area (Å²) >= 11 is 13.3. The van der Waals surface area contributed by atoms with Crippen LogP contribution in [0.15, 0.2) is 35.7 Å². The van der Waals surface area contributed by atoms with E-state index >= 15 is 0 Å². The Balaban J connectivity index is 1.56. The molecule has 7 heteroatoms. The third-order valence-electron chi connectivity index (χ3n) is 4.02. The van der Waals surface area contributed by atoms with Crippen LogP contribution in [-0.2, 0) is 4.79 Å². The molecule has 126 valence electrons. The summed E-state index contributed by atoms with van der Waals surface area (Å²) in [6, 6.07) is 8.65. The Morgan fingerprint density at radius 3 is 2.38 bits per heavy atom. The average molecular weight is 383 g/mol. The first-order valence-corrected chi connectivity index (χ1v) is 9.26. The van der Waals surface area contributed by atoms with Gasteiger partial charge >= 0.3 is 0 Å². The molecule has 1 aliphatic rings. The van der Waals surface area contributed by atoms with Gasteiger partial charge in [0.05, 0.1) is 4.88 Å². The van der Waals surface area contributed by atoms with Crippen molar-refractivity contribution in [3.63, 3.8) is 0 Å². The molecule has 0 unspecified atom stereocenters. The standard InChI is InChI=1S/C17H16Cl2N2O2S/c18-12-8-13(19)10-14(9-12)20-16(22)11-3-5-21(6-4-11)17(23)15-2-1-7-24-15/h1-2,7-11H,3-6H2,(H,20,22). The maximum Gasteiger partial charge on any atom is 0.263 e. The lowest BCUT2D eigenvalue weighted by atomic mass is 9.95. The molecule has 1 N–H and O–H groups in total. The lowest BCUT2D eigenvalue weighted by molar-refractivity contribution is -0.121. The second kappa shape index (κ2) is 7.55. The number of piperidine rings is 1. The molecular formula is C17H16Cl2N2O2S. The van der Waals surface area contributed by atoms with Crippen molar-refractivity contribution in [3.05, 3.63) is 50.6 Å². The fourth-order valence-electron chi connectivity index (χ4n) is 2.77. The summed E-state index contributed by atoms with van der Waals surface area (Å²) < 4.78 is 0. The number of likely N-dealkylation sites (tertiary alicyclic amines) is 1. The minimum absolute atomic E-state index is 0.0467. The van der Waals surface area contributed by atoms with Crippen LogP contribution in [0.5, 0.6) is 0 Å². The summed E-state index contributed by atoms with van der Waals surface area (Å²) in [5.41, 5.74) is 0.592. The summed E-state index contributed by atoms with van der Waals surface area (Å²) in [6.45, 7) is 1.18. The van der Waals surface area contributed by atoms with E-state index in [0.717, 1.165) is 4.88 Å². The highest BCUT2D eigenvalue weighted by Crippen LogP contribution is 2.25. The zero-order chi connectivity index (χ0) is 17.1. The first-order valence-electron chi connectivity index (χ1n) is 7.62. The van der Waals surface area contributed by atoms with E-state index in [4.69, 9.17) is 23.2 Å². The van der Waals surface area contributed by atoms with Crippen LogP contribution in [-0.4, -0.2) is 29.8 Å². The zero-order valence-corrected chi connectivity index (χ0v) is 15.1. The van der Waals surface area contributed by atoms with Crippen molar-refractivity contribution in [1.82, 2.24) is 4.90 Å². The number of rotatable bonds is 3. The Morgan fingerprint density at radius 1 is 1.12 bits per heavy atom. The van der Waals surface area contributed by atoms with Gasteiger partial charge in [0, 0.05) is 34.7 Å². The molecule has 1 fully saturated rings. The first kappa shape index (κ1) is 17.3. The molecule has 0 spiro atoms. The molecule has 0 bridgehead atoms. The molecule has 2 heterocycles. The molecule has 2 aromatic rings. The van der Waals surface area contributed by atoms with E-state index in [2.05, 4.69) is 5.32 Å². The first-order chi connectivity index (χ1) is 11.5. The number of hydrogen-bond acceptors (Lipinski definition) is 3. The summed E-state index contributed by atoms with van der Waals surface area (Å²) in [5.74, 6) is -0.128. The lowest BCUT2D eigenvalue weighted by Crippen LogP contribution is -2.41. The number of hydrogen-bond donors (Lipinski definition) is 1. The Bertz CT molecular complexity index is 721. The number of benzene rings is 1. The molecule has 1 aromatic carbocycles. The molecule has 1 aliphatic heterocycles. The van der Waals surface area contributed by atoms with Crippen molar-refractivity contribution in [2.75, 3.05) is 18.4 Å². The molecule has 1 aromatic heterocycles. The van der Waals surface area contributed by atoms with Crippen LogP contribution in [0.25, 0.3) is 0 Å². The minimum Gasteiger partial charge on any atom is -0.338 e. The second-order valence-electron chi connectivity index (χ2n) is 5.69. The largest absolute Gasteiger partial charge is 0.338 e. The third kappa shape index (κ3) is 4.09. The van der Waals surface area contributed by atoms with Crippen molar-refractivity contribution < 1.29 is 9.59 Å². The SMILES string of the molecule is O=C(Nc1cc(Cl)cc(Cl)c1)C1CCN(C(=O)c2cccs2)CC1. The predicted molar refractivity (Wildman–Crippen MR) is 98.0 cm³/mol. The maximum atomic E-state index is 12.4. The maximum absolute atomic E-state index is 12.4. The van der Waals surface area contributed by atoms with Gasteiger partial charge in [-0.3, -0.25) is 9.59 Å². The molecule has 2 amide bonds. The molecule has 3 rings (SSSR count). The van der Waals surface area contributed by atoms with Gasteiger partial charge in [-0.25, -0.2) is 0 Å². The van der Waals surface area contributed by atoms with Crippen LogP contribution in [0.2, 0.25) is 10.0 Å². The van der Waals surface area contributed by atoms with Crippen molar-refractivity contribution >= 4 is 52.0 Å². The van der Waals surface area contributed by atoms with Crippen LogP contribution in [0.4, 0.5) is 5.69 Å². The summed E-state index contributed by atoms with van der Waals surface area (Å²) in [6.07, 6.45) is 1.30. The number of halogens is 2. The van der Waals surface area contributed by atoms with Crippen molar-refractivity contribution in [1.29, 1.82) is 0 Å². The van der Waals surface area contributed by atoms with Gasteiger partial charge in [0.15, 0.2) is 0 Å². The number of nitrogens with one attached hydrogen (secondary N) is 1. The molecule has 24 heavy (non-hydrogen) atoms. The van der Waals surface area contributed by atoms with E-state index in [1.807, 2.05) is 22.4 Å². The Labute approximate surface area is 154 Å². The number of anilines is 1. The Hall–Kier alpha value is -1.56. The fourth-order valence-corrected chi connectivity index (χ4v) is 3.99. The third-order valence-corrected chi connectivity index (χ3v) is 5.31. The summed E-state index contributed by atoms with van der Waals surface area (Å²) in [5, 5.41) is 5.71. The Kier molecular flexibility index (Phi) is 5.43. The number of carbonyl (C=O) groups is 2. The molecule has 0 aliphatic carbocycles. The van der Waals surface area contributed by atoms with Gasteiger partial charge in [-0.15, -0.1) is 11.3 Å². The molecule has 0 saturated carbocycles. The van der Waals surface area contributed by atoms with Crippen LogP contribution in [0.3, 0.4) is 0 Å². The summed E-state index contributed by atoms with van der Waals surface area (Å²) in [4.78, 5) is 27.3. The van der Waals surface area contributed by atoms with E-state index in [1.165, 1.54) is 11.3 Å². The average Bonchev–Trinajstić information content (AvgIpc) is 3.07. The topological polar surface area (TPSA) is 49.4 Å². The number of thiophene rings is 1. The highest BCUT2D eigenvalue weighted by molar-refractivity contribution is 7.12. The van der Waals surface area contributed by atoms with Gasteiger partial charge in [-0.2, -0.15) is 0 Å². The van der Waals surface area contributed by atoms with E-state index in [-0.39, 0.29) is 17.7 Å². The van der Waals surface area contributed by atoms with Crippen LogP contribution in [0, 0.1) is 5.92 Å². The normalized spacial score (nSPS) is 15.3. The fraction of sp³-hybridized carbons (Fsp3) is 0.294. The van der Waals surface area contributed by atoms with Gasteiger partial charge < -0.3 is 10.2 Å². The number of carbonyl (C=O) groups excluding carboxylic acids is 2.